The Morgan fingerprint density at radius 3 is 2.02 bits per heavy atom. The highest BCUT2D eigenvalue weighted by Gasteiger charge is 2.82. The average molecular weight is 694 g/mol. The molecule has 0 spiro atoms. The number of nitro benzene ring substituents is 1. The summed E-state index contributed by atoms with van der Waals surface area (Å²) < 4.78 is 137. The number of ether oxygens (including phenoxy) is 4. The third-order valence-electron chi connectivity index (χ3n) is 6.22. The molecular formula is C27H27F9N2O9. The van der Waals surface area contributed by atoms with Crippen molar-refractivity contribution in [2.75, 3.05) is 32.9 Å². The summed E-state index contributed by atoms with van der Waals surface area (Å²) in [6.07, 6.45) is -16.0. The van der Waals surface area contributed by atoms with Crippen LogP contribution in [0, 0.1) is 17.0 Å². The van der Waals surface area contributed by atoms with Crippen LogP contribution in [0.2, 0.25) is 0 Å². The van der Waals surface area contributed by atoms with Crippen LogP contribution in [0.25, 0.3) is 0 Å². The molecule has 0 aliphatic carbocycles. The summed E-state index contributed by atoms with van der Waals surface area (Å²) in [5.41, 5.74) is 0.205. The number of carbonyl (C=O) groups is 2. The molecule has 0 aliphatic rings. The molecule has 0 heterocycles. The minimum atomic E-state index is -7.19. The number of carboxylic acids is 1. The molecule has 0 radical (unpaired) electrons. The third kappa shape index (κ3) is 9.83. The molecule has 1 unspecified atom stereocenters. The van der Waals surface area contributed by atoms with E-state index in [1.807, 2.05) is 0 Å². The van der Waals surface area contributed by atoms with Crippen molar-refractivity contribution in [3.05, 3.63) is 63.7 Å². The van der Waals surface area contributed by atoms with Gasteiger partial charge in [-0.05, 0) is 43.7 Å². The van der Waals surface area contributed by atoms with Gasteiger partial charge in [0.25, 0.3) is 5.69 Å². The van der Waals surface area contributed by atoms with Gasteiger partial charge in [0.05, 0.1) is 24.1 Å². The van der Waals surface area contributed by atoms with E-state index in [0.29, 0.717) is 10.5 Å². The van der Waals surface area contributed by atoms with Gasteiger partial charge in [0.1, 0.15) is 18.1 Å². The Kier molecular flexibility index (Phi) is 12.8. The number of hydrogen-bond acceptors (Lipinski definition) is 8. The van der Waals surface area contributed by atoms with Crippen molar-refractivity contribution in [1.29, 1.82) is 0 Å². The Morgan fingerprint density at radius 2 is 1.49 bits per heavy atom. The van der Waals surface area contributed by atoms with Gasteiger partial charge in [-0.25, -0.2) is 9.59 Å². The highest BCUT2D eigenvalue weighted by Crippen LogP contribution is 2.53. The first-order valence-corrected chi connectivity index (χ1v) is 13.3. The van der Waals surface area contributed by atoms with E-state index in [1.165, 1.54) is 37.3 Å². The van der Waals surface area contributed by atoms with Gasteiger partial charge < -0.3 is 29.0 Å². The lowest BCUT2D eigenvalue weighted by Gasteiger charge is -2.33. The second-order valence-electron chi connectivity index (χ2n) is 9.55. The van der Waals surface area contributed by atoms with Crippen LogP contribution in [0.4, 0.5) is 50.0 Å². The molecule has 1 amide bonds. The molecule has 2 rings (SSSR count). The van der Waals surface area contributed by atoms with Crippen molar-refractivity contribution in [1.82, 2.24) is 4.90 Å². The van der Waals surface area contributed by atoms with E-state index in [0.717, 1.165) is 12.1 Å². The molecule has 2 aromatic rings. The number of amides is 1. The minimum absolute atomic E-state index is 0.00116. The number of benzene rings is 2. The van der Waals surface area contributed by atoms with Crippen LogP contribution in [-0.2, 0) is 20.7 Å². The van der Waals surface area contributed by atoms with E-state index < -0.39 is 85.0 Å². The summed E-state index contributed by atoms with van der Waals surface area (Å²) >= 11 is 0. The Bertz CT molecular complexity index is 1390. The number of halogens is 9. The van der Waals surface area contributed by atoms with Crippen LogP contribution in [0.5, 0.6) is 11.5 Å². The number of aliphatic carboxylic acids is 1. The van der Waals surface area contributed by atoms with E-state index in [2.05, 4.69) is 4.74 Å². The number of nitrogens with zero attached hydrogens (tertiary/aromatic N) is 2. The second kappa shape index (κ2) is 15.5. The predicted octanol–water partition coefficient (Wildman–Crippen LogP) is 6.26. The number of rotatable bonds is 17. The fourth-order valence-corrected chi connectivity index (χ4v) is 3.67. The Morgan fingerprint density at radius 1 is 0.915 bits per heavy atom. The topological polar surface area (TPSA) is 138 Å². The molecule has 1 N–H and O–H groups in total. The number of aryl methyl sites for hydroxylation is 1. The molecule has 0 bridgehead atoms. The van der Waals surface area contributed by atoms with E-state index in [1.54, 1.807) is 6.92 Å². The minimum Gasteiger partial charge on any atom is -0.492 e. The molecule has 2 aromatic carbocycles. The number of carbonyl (C=O) groups excluding carboxylic acids is 1. The summed E-state index contributed by atoms with van der Waals surface area (Å²) in [5.74, 6) is -15.7. The maximum atomic E-state index is 13.8. The van der Waals surface area contributed by atoms with Crippen LogP contribution >= 0.6 is 0 Å². The van der Waals surface area contributed by atoms with E-state index in [4.69, 9.17) is 14.2 Å². The number of nitro groups is 1. The van der Waals surface area contributed by atoms with E-state index in [-0.39, 0.29) is 24.3 Å². The standard InChI is InChI=1S/C27H27F9N2O9/c1-3-44-21(22(39)40)14-17-5-8-18(9-6-17)45-12-10-37(23(41)47-19-7-4-16(2)20(15-19)38(42)43)11-13-46-27(35,36)25(30,31)24(28,29)26(32,33)34/h4-9,15,21H,3,10-14H2,1-2H3,(H,39,40). The zero-order chi connectivity index (χ0) is 35.8. The zero-order valence-corrected chi connectivity index (χ0v) is 24.4. The first-order valence-electron chi connectivity index (χ1n) is 13.3. The van der Waals surface area contributed by atoms with Gasteiger partial charge in [-0.2, -0.15) is 39.5 Å². The van der Waals surface area contributed by atoms with Crippen molar-refractivity contribution in [2.45, 2.75) is 50.5 Å². The molecule has 47 heavy (non-hydrogen) atoms. The molecule has 0 fully saturated rings. The Hall–Kier alpha value is -4.33. The molecule has 0 aliphatic heterocycles. The largest absolute Gasteiger partial charge is 0.492 e. The van der Waals surface area contributed by atoms with Crippen molar-refractivity contribution >= 4 is 17.7 Å². The van der Waals surface area contributed by atoms with Crippen LogP contribution < -0.4 is 9.47 Å². The third-order valence-corrected chi connectivity index (χ3v) is 6.22. The summed E-state index contributed by atoms with van der Waals surface area (Å²) in [6.45, 7) is -0.828. The maximum Gasteiger partial charge on any atom is 0.460 e. The first-order chi connectivity index (χ1) is 21.6. The normalized spacial score (nSPS) is 13.2. The van der Waals surface area contributed by atoms with Crippen LogP contribution in [0.1, 0.15) is 18.1 Å². The molecule has 0 aromatic heterocycles. The van der Waals surface area contributed by atoms with Crippen LogP contribution in [0.3, 0.4) is 0 Å². The van der Waals surface area contributed by atoms with E-state index in [9.17, 15) is 64.3 Å². The summed E-state index contributed by atoms with van der Waals surface area (Å²) in [4.78, 5) is 34.9. The van der Waals surface area contributed by atoms with Crippen molar-refractivity contribution in [2.24, 2.45) is 0 Å². The fraction of sp³-hybridized carbons (Fsp3) is 0.481. The quantitative estimate of drug-likeness (QED) is 0.116. The monoisotopic (exact) mass is 694 g/mol. The van der Waals surface area contributed by atoms with Crippen molar-refractivity contribution in [3.8, 4) is 11.5 Å². The van der Waals surface area contributed by atoms with Gasteiger partial charge in [0.15, 0.2) is 6.10 Å². The van der Waals surface area contributed by atoms with Crippen molar-refractivity contribution in [3.63, 3.8) is 0 Å². The maximum absolute atomic E-state index is 13.8. The zero-order valence-electron chi connectivity index (χ0n) is 24.4. The second-order valence-corrected chi connectivity index (χ2v) is 9.55. The van der Waals surface area contributed by atoms with Crippen LogP contribution in [0.15, 0.2) is 42.5 Å². The Balaban J connectivity index is 2.17. The highest BCUT2D eigenvalue weighted by atomic mass is 19.4. The highest BCUT2D eigenvalue weighted by molar-refractivity contribution is 5.72. The lowest BCUT2D eigenvalue weighted by molar-refractivity contribution is -0.443. The molecule has 11 nitrogen and oxygen atoms in total. The van der Waals surface area contributed by atoms with Gasteiger partial charge in [0, 0.05) is 25.1 Å². The molecule has 1 atom stereocenters. The summed E-state index contributed by atoms with van der Waals surface area (Å²) in [5, 5.41) is 20.4. The Labute approximate surface area is 259 Å². The average Bonchev–Trinajstić information content (AvgIpc) is 2.96. The molecule has 0 saturated carbocycles. The molecular weight excluding hydrogens is 667 g/mol. The number of carboxylic acid groups (broad SMARTS) is 1. The SMILES string of the molecule is CCOC(Cc1ccc(OCCN(CCOC(F)(F)C(F)(F)C(F)(F)C(F)(F)F)C(=O)Oc2ccc(C)c([N+](=O)[O-])c2)cc1)C(=O)O. The van der Waals surface area contributed by atoms with Gasteiger partial charge in [-0.3, -0.25) is 10.1 Å². The van der Waals surface area contributed by atoms with Gasteiger partial charge in [-0.1, -0.05) is 12.1 Å². The number of hydrogen-bond donors (Lipinski definition) is 1. The smallest absolute Gasteiger partial charge is 0.460 e. The van der Waals surface area contributed by atoms with Gasteiger partial charge in [-0.15, -0.1) is 0 Å². The lowest BCUT2D eigenvalue weighted by Crippen LogP contribution is -2.62. The number of alkyl halides is 9. The molecule has 0 saturated heterocycles. The van der Waals surface area contributed by atoms with Crippen molar-refractivity contribution < 1.29 is 78.1 Å². The molecule has 262 valence electrons. The fourth-order valence-electron chi connectivity index (χ4n) is 3.67. The van der Waals surface area contributed by atoms with Gasteiger partial charge in [0.2, 0.25) is 0 Å². The van der Waals surface area contributed by atoms with E-state index >= 15 is 0 Å². The van der Waals surface area contributed by atoms with Gasteiger partial charge >= 0.3 is 36.2 Å². The van der Waals surface area contributed by atoms with Crippen LogP contribution in [-0.4, -0.2) is 90.1 Å². The predicted molar refractivity (Wildman–Crippen MR) is 141 cm³/mol. The summed E-state index contributed by atoms with van der Waals surface area (Å²) in [6, 6.07) is 8.87. The summed E-state index contributed by atoms with van der Waals surface area (Å²) in [7, 11) is 0. The lowest BCUT2D eigenvalue weighted by atomic mass is 10.1. The molecule has 20 heteroatoms. The first kappa shape index (κ1) is 38.9.